The topological polar surface area (TPSA) is 70.8 Å². The molecule has 0 saturated carbocycles. The quantitative estimate of drug-likeness (QED) is 0.811. The molecule has 1 aromatic carbocycles. The molecule has 0 fully saturated rings. The third-order valence-corrected chi connectivity index (χ3v) is 5.77. The number of aromatic nitrogens is 2. The number of hydrogen-bond donors (Lipinski definition) is 1. The van der Waals surface area contributed by atoms with Gasteiger partial charge in [0.25, 0.3) is 0 Å². The molecule has 1 aliphatic heterocycles. The molecule has 1 N–H and O–H groups in total. The summed E-state index contributed by atoms with van der Waals surface area (Å²) in [6, 6.07) is 9.68. The average molecular weight is 401 g/mol. The van der Waals surface area contributed by atoms with Crippen LogP contribution in [0.25, 0.3) is 0 Å². The molecule has 0 spiro atoms. The highest BCUT2D eigenvalue weighted by Gasteiger charge is 2.44. The lowest BCUT2D eigenvalue weighted by Crippen LogP contribution is -2.54. The number of fused-ring (bicyclic) bond motifs is 1. The number of imidazole rings is 1. The molecule has 0 radical (unpaired) electrons. The molecule has 29 heavy (non-hydrogen) atoms. The number of benzene rings is 1. The molecule has 0 saturated heterocycles. The van der Waals surface area contributed by atoms with Gasteiger partial charge in [0.1, 0.15) is 23.6 Å². The highest BCUT2D eigenvalue weighted by molar-refractivity contribution is 5.67. The lowest BCUT2D eigenvalue weighted by molar-refractivity contribution is 0.00922. The molecule has 1 amide bonds. The van der Waals surface area contributed by atoms with Gasteiger partial charge in [-0.15, -0.1) is 0 Å². The van der Waals surface area contributed by atoms with Gasteiger partial charge in [0, 0.05) is 24.9 Å². The van der Waals surface area contributed by atoms with Crippen LogP contribution in [-0.4, -0.2) is 44.8 Å². The van der Waals surface area contributed by atoms with Crippen molar-refractivity contribution < 1.29 is 14.6 Å². The molecule has 1 aliphatic rings. The summed E-state index contributed by atoms with van der Waals surface area (Å²) < 4.78 is 7.87. The van der Waals surface area contributed by atoms with Crippen LogP contribution in [0.5, 0.6) is 0 Å². The van der Waals surface area contributed by atoms with Crippen LogP contribution in [0.2, 0.25) is 0 Å². The van der Waals surface area contributed by atoms with Gasteiger partial charge in [-0.3, -0.25) is 4.90 Å². The maximum atomic E-state index is 12.3. The van der Waals surface area contributed by atoms with E-state index in [0.29, 0.717) is 6.54 Å². The Labute approximate surface area is 172 Å². The van der Waals surface area contributed by atoms with E-state index in [1.165, 1.54) is 4.90 Å². The van der Waals surface area contributed by atoms with Crippen molar-refractivity contribution in [3.8, 4) is 0 Å². The van der Waals surface area contributed by atoms with Gasteiger partial charge in [0.05, 0.1) is 11.9 Å². The van der Waals surface area contributed by atoms with Crippen molar-refractivity contribution >= 4 is 11.8 Å². The Morgan fingerprint density at radius 1 is 1.21 bits per heavy atom. The fraction of sp³-hybridized carbons (Fsp3) is 0.545. The smallest absolute Gasteiger partial charge is 0.408 e. The van der Waals surface area contributed by atoms with Gasteiger partial charge in [-0.2, -0.15) is 0 Å². The van der Waals surface area contributed by atoms with Gasteiger partial charge in [0.2, 0.25) is 0 Å². The summed E-state index contributed by atoms with van der Waals surface area (Å²) in [5.74, 6) is 0.752. The Morgan fingerprint density at radius 3 is 2.34 bits per heavy atom. The zero-order valence-corrected chi connectivity index (χ0v) is 18.4. The van der Waals surface area contributed by atoms with E-state index in [1.807, 2.05) is 59.0 Å². The van der Waals surface area contributed by atoms with Crippen molar-refractivity contribution in [3.63, 3.8) is 0 Å². The van der Waals surface area contributed by atoms with Crippen LogP contribution >= 0.6 is 0 Å². The fourth-order valence-corrected chi connectivity index (χ4v) is 4.15. The molecule has 0 bridgehead atoms. The molecule has 2 atom stereocenters. The molecule has 1 aromatic heterocycles. The van der Waals surface area contributed by atoms with Crippen LogP contribution in [0.1, 0.15) is 65.3 Å². The summed E-state index contributed by atoms with van der Waals surface area (Å²) in [4.78, 5) is 20.7. The number of carboxylic acid groups (broad SMARTS) is 1. The molecular weight excluding hydrogens is 368 g/mol. The minimum absolute atomic E-state index is 0.0359. The number of amides is 1. The molecule has 158 valence electrons. The predicted molar refractivity (Wildman–Crippen MR) is 113 cm³/mol. The van der Waals surface area contributed by atoms with E-state index >= 15 is 0 Å². The maximum Gasteiger partial charge on any atom is 0.408 e. The lowest BCUT2D eigenvalue weighted by Gasteiger charge is -2.48. The standard InChI is InChI=1S/C22H32N4O3/c1-15-24(16-11-9-8-10-12-16)14-17(26(20(27)28)21(2,3)4)19-23-13-18(25(15)19)22(5,6)29-7/h8-13,15,17H,14H2,1-7H3,(H,27,28)/t15-,17+/m1/s1. The second-order valence-electron chi connectivity index (χ2n) is 9.05. The number of carbonyl (C=O) groups is 1. The Hall–Kier alpha value is -2.54. The van der Waals surface area contributed by atoms with Crippen molar-refractivity contribution in [1.29, 1.82) is 0 Å². The van der Waals surface area contributed by atoms with Gasteiger partial charge in [0.15, 0.2) is 0 Å². The van der Waals surface area contributed by atoms with E-state index in [9.17, 15) is 9.90 Å². The van der Waals surface area contributed by atoms with Gasteiger partial charge in [-0.25, -0.2) is 9.78 Å². The normalized spacial score (nSPS) is 19.8. The summed E-state index contributed by atoms with van der Waals surface area (Å²) in [6.07, 6.45) is 0.831. The zero-order chi connectivity index (χ0) is 21.6. The number of para-hydroxylation sites is 1. The van der Waals surface area contributed by atoms with Crippen LogP contribution in [0.15, 0.2) is 36.5 Å². The van der Waals surface area contributed by atoms with E-state index in [1.54, 1.807) is 7.11 Å². The van der Waals surface area contributed by atoms with Crippen LogP contribution in [0.3, 0.4) is 0 Å². The number of rotatable bonds is 4. The van der Waals surface area contributed by atoms with E-state index in [0.717, 1.165) is 17.2 Å². The third kappa shape index (κ3) is 3.71. The largest absolute Gasteiger partial charge is 0.465 e. The molecule has 7 heteroatoms. The highest BCUT2D eigenvalue weighted by Crippen LogP contribution is 2.41. The van der Waals surface area contributed by atoms with Crippen molar-refractivity contribution in [1.82, 2.24) is 14.5 Å². The monoisotopic (exact) mass is 400 g/mol. The number of nitrogens with zero attached hydrogens (tertiary/aromatic N) is 4. The summed E-state index contributed by atoms with van der Waals surface area (Å²) >= 11 is 0. The molecule has 7 nitrogen and oxygen atoms in total. The summed E-state index contributed by atoms with van der Waals surface area (Å²) in [5, 5.41) is 10.1. The predicted octanol–water partition coefficient (Wildman–Crippen LogP) is 4.62. The highest BCUT2D eigenvalue weighted by atomic mass is 16.5. The summed E-state index contributed by atoms with van der Waals surface area (Å²) in [6.45, 7) is 12.4. The van der Waals surface area contributed by atoms with Crippen LogP contribution in [0.4, 0.5) is 10.5 Å². The number of hydrogen-bond acceptors (Lipinski definition) is 4. The first-order valence-corrected chi connectivity index (χ1v) is 9.95. The SMILES string of the molecule is COC(C)(C)c1cnc2n1[C@H](C)N(c1ccccc1)C[C@@H]2N(C(=O)O)C(C)(C)C. The zero-order valence-electron chi connectivity index (χ0n) is 18.4. The summed E-state index contributed by atoms with van der Waals surface area (Å²) in [5.41, 5.74) is 0.837. The van der Waals surface area contributed by atoms with Gasteiger partial charge >= 0.3 is 6.09 Å². The van der Waals surface area contributed by atoms with Crippen molar-refractivity contribution in [3.05, 3.63) is 48.0 Å². The average Bonchev–Trinajstić information content (AvgIpc) is 3.10. The molecule has 2 heterocycles. The van der Waals surface area contributed by atoms with Gasteiger partial charge in [-0.1, -0.05) is 18.2 Å². The second kappa shape index (κ2) is 7.37. The Bertz CT molecular complexity index is 870. The number of ether oxygens (including phenoxy) is 1. The van der Waals surface area contributed by atoms with Gasteiger partial charge in [-0.05, 0) is 53.7 Å². The first-order valence-electron chi connectivity index (χ1n) is 9.95. The third-order valence-electron chi connectivity index (χ3n) is 5.77. The van der Waals surface area contributed by atoms with Crippen molar-refractivity contribution in [2.75, 3.05) is 18.6 Å². The lowest BCUT2D eigenvalue weighted by atomic mass is 10.00. The van der Waals surface area contributed by atoms with Gasteiger partial charge < -0.3 is 19.3 Å². The maximum absolute atomic E-state index is 12.3. The molecular formula is C22H32N4O3. The van der Waals surface area contributed by atoms with E-state index in [4.69, 9.17) is 9.72 Å². The van der Waals surface area contributed by atoms with Crippen LogP contribution in [-0.2, 0) is 10.3 Å². The molecule has 2 aromatic rings. The molecule has 3 rings (SSSR count). The van der Waals surface area contributed by atoms with E-state index < -0.39 is 23.3 Å². The second-order valence-corrected chi connectivity index (χ2v) is 9.05. The molecule has 0 unspecified atom stereocenters. The number of anilines is 1. The van der Waals surface area contributed by atoms with Crippen molar-refractivity contribution in [2.24, 2.45) is 0 Å². The van der Waals surface area contributed by atoms with Crippen LogP contribution in [0, 0.1) is 0 Å². The fourth-order valence-electron chi connectivity index (χ4n) is 4.15. The van der Waals surface area contributed by atoms with Crippen LogP contribution < -0.4 is 4.90 Å². The van der Waals surface area contributed by atoms with E-state index in [2.05, 4.69) is 28.5 Å². The first-order chi connectivity index (χ1) is 13.5. The number of methoxy groups -OCH3 is 1. The summed E-state index contributed by atoms with van der Waals surface area (Å²) in [7, 11) is 1.68. The minimum atomic E-state index is -0.952. The van der Waals surface area contributed by atoms with E-state index in [-0.39, 0.29) is 6.17 Å². The minimum Gasteiger partial charge on any atom is -0.465 e. The first kappa shape index (κ1) is 21.2. The Balaban J connectivity index is 2.21. The molecule has 0 aliphatic carbocycles. The Morgan fingerprint density at radius 2 is 1.83 bits per heavy atom. The Kier molecular flexibility index (Phi) is 5.38. The van der Waals surface area contributed by atoms with Crippen molar-refractivity contribution in [2.45, 2.75) is 64.9 Å².